The summed E-state index contributed by atoms with van der Waals surface area (Å²) in [7, 11) is 3.14. The Bertz CT molecular complexity index is 772. The lowest BCUT2D eigenvalue weighted by Crippen LogP contribution is -2.40. The molecular formula is C20H25N3O5. The van der Waals surface area contributed by atoms with Crippen LogP contribution in [0, 0.1) is 18.3 Å². The van der Waals surface area contributed by atoms with Gasteiger partial charge >= 0.3 is 0 Å². The number of rotatable bonds is 9. The average molecular weight is 387 g/mol. The number of terminal acetylenes is 1. The van der Waals surface area contributed by atoms with Gasteiger partial charge in [-0.15, -0.1) is 6.42 Å². The lowest BCUT2D eigenvalue weighted by molar-refractivity contribution is -0.129. The quantitative estimate of drug-likeness (QED) is 0.580. The smallest absolute Gasteiger partial charge is 0.240 e. The van der Waals surface area contributed by atoms with Crippen LogP contribution in [0.1, 0.15) is 12.0 Å². The standard InChI is InChI=1S/C20H25N3O5/c1-4-8-21-18(24)12-22-20(26)15-11-19(25)23(13-15)9-7-14-5-6-16(27-2)17(10-14)28-3/h1,5-6,10,15H,7-9,11-13H2,2-3H3,(H,21,24)(H,22,26). The maximum absolute atomic E-state index is 12.2. The molecule has 1 unspecified atom stereocenters. The van der Waals surface area contributed by atoms with Gasteiger partial charge in [0.05, 0.1) is 33.2 Å². The summed E-state index contributed by atoms with van der Waals surface area (Å²) < 4.78 is 10.5. The fraction of sp³-hybridized carbons (Fsp3) is 0.450. The zero-order valence-electron chi connectivity index (χ0n) is 16.1. The van der Waals surface area contributed by atoms with Crippen molar-refractivity contribution in [1.29, 1.82) is 0 Å². The maximum atomic E-state index is 12.2. The first-order valence-electron chi connectivity index (χ1n) is 8.95. The van der Waals surface area contributed by atoms with Gasteiger partial charge in [0.25, 0.3) is 0 Å². The highest BCUT2D eigenvalue weighted by atomic mass is 16.5. The molecule has 0 radical (unpaired) electrons. The number of carbonyl (C=O) groups is 3. The molecule has 0 saturated carbocycles. The summed E-state index contributed by atoms with van der Waals surface area (Å²) in [6.07, 6.45) is 5.83. The highest BCUT2D eigenvalue weighted by Gasteiger charge is 2.34. The van der Waals surface area contributed by atoms with Crippen molar-refractivity contribution in [1.82, 2.24) is 15.5 Å². The highest BCUT2D eigenvalue weighted by Crippen LogP contribution is 2.28. The number of ether oxygens (including phenoxy) is 2. The van der Waals surface area contributed by atoms with E-state index in [1.165, 1.54) is 0 Å². The molecule has 0 bridgehead atoms. The third kappa shape index (κ3) is 5.64. The van der Waals surface area contributed by atoms with Crippen molar-refractivity contribution in [2.75, 3.05) is 40.4 Å². The third-order valence-corrected chi connectivity index (χ3v) is 4.51. The molecule has 0 aromatic heterocycles. The molecule has 1 saturated heterocycles. The van der Waals surface area contributed by atoms with Crippen LogP contribution in [0.25, 0.3) is 0 Å². The predicted molar refractivity (Wildman–Crippen MR) is 103 cm³/mol. The number of hydrogen-bond donors (Lipinski definition) is 2. The van der Waals surface area contributed by atoms with E-state index >= 15 is 0 Å². The minimum Gasteiger partial charge on any atom is -0.493 e. The summed E-state index contributed by atoms with van der Waals surface area (Å²) in [5.74, 6) is 2.36. The van der Waals surface area contributed by atoms with E-state index in [1.54, 1.807) is 19.1 Å². The molecule has 1 atom stereocenters. The van der Waals surface area contributed by atoms with E-state index in [4.69, 9.17) is 15.9 Å². The lowest BCUT2D eigenvalue weighted by atomic mass is 10.1. The van der Waals surface area contributed by atoms with Gasteiger partial charge in [-0.05, 0) is 24.1 Å². The van der Waals surface area contributed by atoms with Crippen LogP contribution < -0.4 is 20.1 Å². The van der Waals surface area contributed by atoms with Gasteiger partial charge < -0.3 is 25.0 Å². The molecule has 0 spiro atoms. The van der Waals surface area contributed by atoms with E-state index in [-0.39, 0.29) is 37.2 Å². The molecule has 3 amide bonds. The van der Waals surface area contributed by atoms with Gasteiger partial charge in [0, 0.05) is 19.5 Å². The second-order valence-electron chi connectivity index (χ2n) is 6.38. The largest absolute Gasteiger partial charge is 0.493 e. The van der Waals surface area contributed by atoms with Gasteiger partial charge in [0.1, 0.15) is 0 Å². The summed E-state index contributed by atoms with van der Waals surface area (Å²) in [6, 6.07) is 5.61. The molecule has 2 rings (SSSR count). The van der Waals surface area contributed by atoms with E-state index in [0.29, 0.717) is 31.0 Å². The summed E-state index contributed by atoms with van der Waals surface area (Å²) in [6.45, 7) is 0.794. The van der Waals surface area contributed by atoms with Crippen molar-refractivity contribution in [2.45, 2.75) is 12.8 Å². The average Bonchev–Trinajstić information content (AvgIpc) is 3.09. The predicted octanol–water partition coefficient (Wildman–Crippen LogP) is -0.0396. The van der Waals surface area contributed by atoms with Gasteiger partial charge in [-0.3, -0.25) is 14.4 Å². The van der Waals surface area contributed by atoms with E-state index in [0.717, 1.165) is 5.56 Å². The Morgan fingerprint density at radius 3 is 2.68 bits per heavy atom. The first kappa shape index (κ1) is 21.1. The van der Waals surface area contributed by atoms with Gasteiger partial charge in [0.2, 0.25) is 17.7 Å². The van der Waals surface area contributed by atoms with Gasteiger partial charge in [-0.25, -0.2) is 0 Å². The normalized spacial score (nSPS) is 15.7. The van der Waals surface area contributed by atoms with Gasteiger partial charge in [0.15, 0.2) is 11.5 Å². The van der Waals surface area contributed by atoms with Crippen LogP contribution in [-0.2, 0) is 20.8 Å². The van der Waals surface area contributed by atoms with E-state index in [1.807, 2.05) is 18.2 Å². The van der Waals surface area contributed by atoms with Crippen molar-refractivity contribution in [2.24, 2.45) is 5.92 Å². The second-order valence-corrected chi connectivity index (χ2v) is 6.38. The third-order valence-electron chi connectivity index (χ3n) is 4.51. The van der Waals surface area contributed by atoms with Gasteiger partial charge in [-0.1, -0.05) is 12.0 Å². The first-order valence-corrected chi connectivity index (χ1v) is 8.95. The Morgan fingerprint density at radius 2 is 2.00 bits per heavy atom. The molecule has 1 heterocycles. The highest BCUT2D eigenvalue weighted by molar-refractivity contribution is 5.91. The van der Waals surface area contributed by atoms with Crippen molar-refractivity contribution in [3.8, 4) is 23.8 Å². The Kier molecular flexibility index (Phi) is 7.69. The van der Waals surface area contributed by atoms with Crippen LogP contribution in [-0.4, -0.2) is 63.0 Å². The van der Waals surface area contributed by atoms with Crippen LogP contribution in [0.2, 0.25) is 0 Å². The molecule has 1 aliphatic rings. The summed E-state index contributed by atoms with van der Waals surface area (Å²) in [4.78, 5) is 37.6. The fourth-order valence-corrected chi connectivity index (χ4v) is 2.99. The monoisotopic (exact) mass is 387 g/mol. The number of carbonyl (C=O) groups excluding carboxylic acids is 3. The zero-order valence-corrected chi connectivity index (χ0v) is 16.1. The molecule has 1 aliphatic heterocycles. The SMILES string of the molecule is C#CCNC(=O)CNC(=O)C1CC(=O)N(CCc2ccc(OC)c(OC)c2)C1. The van der Waals surface area contributed by atoms with Crippen molar-refractivity contribution in [3.63, 3.8) is 0 Å². The van der Waals surface area contributed by atoms with Crippen LogP contribution in [0.4, 0.5) is 0 Å². The molecule has 2 N–H and O–H groups in total. The maximum Gasteiger partial charge on any atom is 0.240 e. The summed E-state index contributed by atoms with van der Waals surface area (Å²) in [5.41, 5.74) is 1.00. The lowest BCUT2D eigenvalue weighted by Gasteiger charge is -2.17. The number of amides is 3. The number of methoxy groups -OCH3 is 2. The molecular weight excluding hydrogens is 362 g/mol. The molecule has 28 heavy (non-hydrogen) atoms. The number of benzene rings is 1. The first-order chi connectivity index (χ1) is 13.5. The summed E-state index contributed by atoms with van der Waals surface area (Å²) >= 11 is 0. The number of nitrogens with one attached hydrogen (secondary N) is 2. The number of likely N-dealkylation sites (tertiary alicyclic amines) is 1. The minimum absolute atomic E-state index is 0.0718. The number of nitrogens with zero attached hydrogens (tertiary/aromatic N) is 1. The van der Waals surface area contributed by atoms with Crippen LogP contribution in [0.15, 0.2) is 18.2 Å². The Hall–Kier alpha value is -3.21. The molecule has 1 aromatic carbocycles. The molecule has 0 aliphatic carbocycles. The topological polar surface area (TPSA) is 97.0 Å². The van der Waals surface area contributed by atoms with E-state index < -0.39 is 5.92 Å². The molecule has 8 nitrogen and oxygen atoms in total. The molecule has 8 heteroatoms. The Balaban J connectivity index is 1.83. The van der Waals surface area contributed by atoms with Crippen LogP contribution >= 0.6 is 0 Å². The van der Waals surface area contributed by atoms with Gasteiger partial charge in [-0.2, -0.15) is 0 Å². The number of hydrogen-bond acceptors (Lipinski definition) is 5. The van der Waals surface area contributed by atoms with Crippen molar-refractivity contribution < 1.29 is 23.9 Å². The second kappa shape index (κ2) is 10.2. The van der Waals surface area contributed by atoms with Crippen LogP contribution in [0.3, 0.4) is 0 Å². The fourth-order valence-electron chi connectivity index (χ4n) is 2.99. The molecule has 150 valence electrons. The van der Waals surface area contributed by atoms with E-state index in [2.05, 4.69) is 16.6 Å². The Labute approximate surface area is 164 Å². The minimum atomic E-state index is -0.460. The van der Waals surface area contributed by atoms with E-state index in [9.17, 15) is 14.4 Å². The summed E-state index contributed by atoms with van der Waals surface area (Å²) in [5, 5.41) is 5.01. The van der Waals surface area contributed by atoms with Crippen LogP contribution in [0.5, 0.6) is 11.5 Å². The molecule has 1 aromatic rings. The van der Waals surface area contributed by atoms with Crippen molar-refractivity contribution >= 4 is 17.7 Å². The molecule has 1 fully saturated rings. The zero-order chi connectivity index (χ0) is 20.5. The van der Waals surface area contributed by atoms with Crippen molar-refractivity contribution in [3.05, 3.63) is 23.8 Å². The Morgan fingerprint density at radius 1 is 1.25 bits per heavy atom.